The monoisotopic (exact) mass is 776 g/mol. The fraction of sp³-hybridized carbons (Fsp3) is 0.761. The van der Waals surface area contributed by atoms with Crippen LogP contribution in [0.2, 0.25) is 0 Å². The van der Waals surface area contributed by atoms with Gasteiger partial charge in [0.15, 0.2) is 5.78 Å². The average Bonchev–Trinajstić information content (AvgIpc) is 3.43. The van der Waals surface area contributed by atoms with E-state index in [4.69, 9.17) is 4.74 Å². The standard InChI is InChI=1S/C46H69N3O7/c1-28(2)38-31(50)22-46(34(51)27-49(36(52)25-47-10)26-29-12-11-21-48-24-29)20-19-44(8)30(39(38)46)13-14-33-43(7)17-16-35(56-37(53)23-41(3,4)40(54)55)42(5,6)32(43)15-18-45(33,44)9/h11-12,21,24,28,30,32-35,47,51H,13-20,22-23,25-27H2,1-10H3,(H,54,55)/t30-,32+,33-,34?,35+,43+,44-,45-,46+/m1/s1. The van der Waals surface area contributed by atoms with E-state index in [9.17, 15) is 29.4 Å². The molecule has 1 aromatic rings. The summed E-state index contributed by atoms with van der Waals surface area (Å²) in [5.41, 5.74) is 0.729. The largest absolute Gasteiger partial charge is 0.481 e. The molecule has 1 unspecified atom stereocenters. The van der Waals surface area contributed by atoms with Crippen molar-refractivity contribution < 1.29 is 34.1 Å². The number of carboxylic acid groups (broad SMARTS) is 1. The zero-order chi connectivity index (χ0) is 41.2. The number of Topliss-reactive ketones (excluding diaryl/α,β-unsaturated/α-hetero) is 1. The average molecular weight is 776 g/mol. The van der Waals surface area contributed by atoms with Crippen LogP contribution in [-0.4, -0.2) is 76.1 Å². The number of rotatable bonds is 12. The molecule has 56 heavy (non-hydrogen) atoms. The maximum absolute atomic E-state index is 14.2. The molecule has 0 aliphatic heterocycles. The molecule has 0 radical (unpaired) electrons. The number of nitrogens with zero attached hydrogens (tertiary/aromatic N) is 2. The zero-order valence-corrected chi connectivity index (χ0v) is 35.8. The second-order valence-electron chi connectivity index (χ2n) is 20.7. The molecule has 10 nitrogen and oxygen atoms in total. The number of hydrogen-bond donors (Lipinski definition) is 3. The number of hydrogen-bond acceptors (Lipinski definition) is 8. The van der Waals surface area contributed by atoms with Gasteiger partial charge in [-0.15, -0.1) is 0 Å². The van der Waals surface area contributed by atoms with Gasteiger partial charge in [0.25, 0.3) is 0 Å². The Morgan fingerprint density at radius 3 is 2.34 bits per heavy atom. The van der Waals surface area contributed by atoms with Gasteiger partial charge in [-0.3, -0.25) is 24.2 Å². The number of likely N-dealkylation sites (N-methyl/N-ethyl adjacent to an activating group) is 1. The first-order chi connectivity index (χ1) is 26.1. The Morgan fingerprint density at radius 1 is 1.00 bits per heavy atom. The van der Waals surface area contributed by atoms with E-state index in [1.54, 1.807) is 38.2 Å². The van der Waals surface area contributed by atoms with Crippen LogP contribution in [0, 0.1) is 56.2 Å². The van der Waals surface area contributed by atoms with Crippen molar-refractivity contribution in [2.45, 2.75) is 145 Å². The number of ether oxygens (including phenoxy) is 1. The van der Waals surface area contributed by atoms with Crippen molar-refractivity contribution >= 4 is 23.6 Å². The van der Waals surface area contributed by atoms with Gasteiger partial charge < -0.3 is 25.2 Å². The number of aromatic nitrogens is 1. The highest BCUT2D eigenvalue weighted by atomic mass is 16.5. The Kier molecular flexibility index (Phi) is 11.3. The number of allylic oxidation sites excluding steroid dienone is 1. The molecule has 9 atom stereocenters. The van der Waals surface area contributed by atoms with Crippen molar-refractivity contribution in [3.8, 4) is 0 Å². The van der Waals surface area contributed by atoms with E-state index in [0.29, 0.717) is 31.2 Å². The van der Waals surface area contributed by atoms with Gasteiger partial charge in [-0.25, -0.2) is 0 Å². The molecule has 310 valence electrons. The summed E-state index contributed by atoms with van der Waals surface area (Å²) in [6.45, 7) is 20.0. The van der Waals surface area contributed by atoms with Crippen LogP contribution < -0.4 is 5.32 Å². The number of aliphatic hydroxyl groups excluding tert-OH is 1. The third kappa shape index (κ3) is 6.76. The van der Waals surface area contributed by atoms with Crippen LogP contribution in [0.15, 0.2) is 35.7 Å². The minimum absolute atomic E-state index is 0.0147. The molecule has 5 aliphatic rings. The number of fused-ring (bicyclic) bond motifs is 7. The molecule has 1 amide bonds. The van der Waals surface area contributed by atoms with Crippen molar-refractivity contribution in [3.63, 3.8) is 0 Å². The van der Waals surface area contributed by atoms with Gasteiger partial charge in [0.2, 0.25) is 5.91 Å². The molecule has 1 heterocycles. The number of ketones is 1. The molecule has 1 aromatic heterocycles. The Balaban J connectivity index is 1.30. The number of esters is 1. The molecular formula is C46H69N3O7. The second-order valence-corrected chi connectivity index (χ2v) is 20.7. The van der Waals surface area contributed by atoms with Crippen LogP contribution in [0.3, 0.4) is 0 Å². The van der Waals surface area contributed by atoms with Crippen LogP contribution in [0.5, 0.6) is 0 Å². The maximum Gasteiger partial charge on any atom is 0.309 e. The van der Waals surface area contributed by atoms with E-state index in [0.717, 1.165) is 56.1 Å². The molecular weight excluding hydrogens is 707 g/mol. The SMILES string of the molecule is CNCC(=O)N(Cc1cccnc1)CC(O)[C@@]12CC[C@]3(C)[C@H](CC[C@@H]4[C@@]5(C)CC[C@H](OC(=O)CC(C)(C)C(=O)O)C(C)(C)[C@@H]5CC[C@]43C)C1=C(C(C)C)C(=O)C2. The van der Waals surface area contributed by atoms with Crippen LogP contribution in [0.1, 0.15) is 132 Å². The summed E-state index contributed by atoms with van der Waals surface area (Å²) >= 11 is 0. The van der Waals surface area contributed by atoms with Gasteiger partial charge in [-0.2, -0.15) is 0 Å². The molecule has 0 bridgehead atoms. The normalized spacial score (nSPS) is 35.5. The fourth-order valence-electron chi connectivity index (χ4n) is 13.5. The quantitative estimate of drug-likeness (QED) is 0.185. The summed E-state index contributed by atoms with van der Waals surface area (Å²) in [7, 11) is 1.75. The summed E-state index contributed by atoms with van der Waals surface area (Å²) in [6.07, 6.45) is 9.77. The van der Waals surface area contributed by atoms with E-state index in [2.05, 4.69) is 58.8 Å². The minimum Gasteiger partial charge on any atom is -0.481 e. The highest BCUT2D eigenvalue weighted by Crippen LogP contribution is 2.77. The number of amides is 1. The van der Waals surface area contributed by atoms with E-state index in [1.165, 1.54) is 5.57 Å². The maximum atomic E-state index is 14.2. The van der Waals surface area contributed by atoms with Gasteiger partial charge >= 0.3 is 11.9 Å². The van der Waals surface area contributed by atoms with E-state index >= 15 is 0 Å². The van der Waals surface area contributed by atoms with Gasteiger partial charge in [-0.05, 0) is 129 Å². The van der Waals surface area contributed by atoms with E-state index in [1.807, 2.05) is 12.1 Å². The second kappa shape index (κ2) is 14.9. The predicted molar refractivity (Wildman–Crippen MR) is 215 cm³/mol. The fourth-order valence-corrected chi connectivity index (χ4v) is 13.5. The third-order valence-electron chi connectivity index (χ3n) is 16.7. The molecule has 4 saturated carbocycles. The summed E-state index contributed by atoms with van der Waals surface area (Å²) in [5.74, 6) is -0.434. The molecule has 0 aromatic carbocycles. The lowest BCUT2D eigenvalue weighted by Crippen LogP contribution is -2.66. The zero-order valence-electron chi connectivity index (χ0n) is 35.8. The van der Waals surface area contributed by atoms with Gasteiger partial charge in [-0.1, -0.05) is 60.1 Å². The summed E-state index contributed by atoms with van der Waals surface area (Å²) in [6, 6.07) is 3.80. The Labute approximate surface area is 335 Å². The first kappa shape index (κ1) is 42.5. The van der Waals surface area contributed by atoms with Gasteiger partial charge in [0, 0.05) is 42.7 Å². The minimum atomic E-state index is -1.18. The molecule has 0 spiro atoms. The van der Waals surface area contributed by atoms with Crippen molar-refractivity contribution in [2.75, 3.05) is 20.1 Å². The number of carbonyl (C=O) groups excluding carboxylic acids is 3. The van der Waals surface area contributed by atoms with Crippen molar-refractivity contribution in [1.82, 2.24) is 15.2 Å². The summed E-state index contributed by atoms with van der Waals surface area (Å²) in [4.78, 5) is 58.7. The number of aliphatic carboxylic acids is 1. The first-order valence-corrected chi connectivity index (χ1v) is 21.3. The number of pyridine rings is 1. The number of nitrogens with one attached hydrogen (secondary N) is 1. The van der Waals surface area contributed by atoms with Crippen molar-refractivity contribution in [3.05, 3.63) is 41.2 Å². The Hall–Kier alpha value is -3.11. The van der Waals surface area contributed by atoms with Crippen LogP contribution >= 0.6 is 0 Å². The molecule has 10 heteroatoms. The molecule has 0 saturated heterocycles. The molecule has 5 aliphatic carbocycles. The Morgan fingerprint density at radius 2 is 1.71 bits per heavy atom. The predicted octanol–water partition coefficient (Wildman–Crippen LogP) is 7.38. The topological polar surface area (TPSA) is 146 Å². The lowest BCUT2D eigenvalue weighted by molar-refractivity contribution is -0.235. The third-order valence-corrected chi connectivity index (χ3v) is 16.7. The van der Waals surface area contributed by atoms with Crippen molar-refractivity contribution in [1.29, 1.82) is 0 Å². The number of carbonyl (C=O) groups is 4. The molecule has 4 fully saturated rings. The summed E-state index contributed by atoms with van der Waals surface area (Å²) < 4.78 is 6.17. The lowest BCUT2D eigenvalue weighted by Gasteiger charge is -2.72. The number of carboxylic acids is 1. The van der Waals surface area contributed by atoms with E-state index < -0.39 is 28.9 Å². The Bertz CT molecular complexity index is 1740. The number of aliphatic hydroxyl groups is 1. The first-order valence-electron chi connectivity index (χ1n) is 21.3. The van der Waals surface area contributed by atoms with E-state index in [-0.39, 0.29) is 70.8 Å². The smallest absolute Gasteiger partial charge is 0.309 e. The molecule has 6 rings (SSSR count). The van der Waals surface area contributed by atoms with Crippen LogP contribution in [-0.2, 0) is 30.5 Å². The summed E-state index contributed by atoms with van der Waals surface area (Å²) in [5, 5.41) is 25.2. The van der Waals surface area contributed by atoms with Crippen molar-refractivity contribution in [2.24, 2.45) is 56.2 Å². The highest BCUT2D eigenvalue weighted by Gasteiger charge is 2.71. The lowest BCUT2D eigenvalue weighted by atomic mass is 9.33. The molecule has 3 N–H and O–H groups in total. The van der Waals surface area contributed by atoms with Gasteiger partial charge in [0.1, 0.15) is 6.10 Å². The van der Waals surface area contributed by atoms with Crippen LogP contribution in [0.25, 0.3) is 0 Å². The van der Waals surface area contributed by atoms with Gasteiger partial charge in [0.05, 0.1) is 24.5 Å². The highest BCUT2D eigenvalue weighted by molar-refractivity contribution is 6.00. The van der Waals surface area contributed by atoms with Crippen LogP contribution in [0.4, 0.5) is 0 Å².